The Labute approximate surface area is 248 Å². The lowest BCUT2D eigenvalue weighted by atomic mass is 9.83. The van der Waals surface area contributed by atoms with Crippen LogP contribution in [0.3, 0.4) is 0 Å². The second kappa shape index (κ2) is 12.4. The highest BCUT2D eigenvalue weighted by molar-refractivity contribution is 7.19. The number of para-hydroxylation sites is 1. The van der Waals surface area contributed by atoms with E-state index in [4.69, 9.17) is 9.72 Å². The Kier molecular flexibility index (Phi) is 9.17. The smallest absolute Gasteiger partial charge is 0.243 e. The van der Waals surface area contributed by atoms with Gasteiger partial charge in [0.25, 0.3) is 0 Å². The maximum Gasteiger partial charge on any atom is 0.243 e. The van der Waals surface area contributed by atoms with E-state index in [0.29, 0.717) is 18.2 Å². The van der Waals surface area contributed by atoms with Crippen LogP contribution in [-0.4, -0.2) is 34.4 Å². The lowest BCUT2D eigenvalue weighted by Crippen LogP contribution is -2.35. The molecule has 6 nitrogen and oxygen atoms in total. The number of amides is 1. The molecule has 0 saturated carbocycles. The molecule has 0 aliphatic heterocycles. The van der Waals surface area contributed by atoms with Gasteiger partial charge in [-0.3, -0.25) is 4.79 Å². The monoisotopic (exact) mass is 570 g/mol. The van der Waals surface area contributed by atoms with Gasteiger partial charge in [-0.25, -0.2) is 9.97 Å². The summed E-state index contributed by atoms with van der Waals surface area (Å²) in [7, 11) is 1.88. The van der Waals surface area contributed by atoms with Crippen molar-refractivity contribution < 1.29 is 9.53 Å². The van der Waals surface area contributed by atoms with Crippen LogP contribution in [0.4, 0.5) is 10.8 Å². The number of hydrogen-bond acceptors (Lipinski definition) is 6. The summed E-state index contributed by atoms with van der Waals surface area (Å²) in [5.74, 6) is 1.78. The van der Waals surface area contributed by atoms with Gasteiger partial charge in [-0.05, 0) is 35.1 Å². The molecule has 0 atom stereocenters. The number of carbonyl (C=O) groups excluding carboxylic acids is 1. The average molecular weight is 571 g/mol. The van der Waals surface area contributed by atoms with Crippen LogP contribution in [0.5, 0.6) is 11.6 Å². The van der Waals surface area contributed by atoms with Crippen LogP contribution in [0, 0.1) is 5.92 Å². The normalized spacial score (nSPS) is 11.9. The molecule has 1 N–H and O–H groups in total. The number of benzene rings is 2. The van der Waals surface area contributed by atoms with Crippen molar-refractivity contribution in [2.45, 2.75) is 65.7 Å². The first kappa shape index (κ1) is 30.3. The van der Waals surface area contributed by atoms with Gasteiger partial charge in [0.1, 0.15) is 11.4 Å². The summed E-state index contributed by atoms with van der Waals surface area (Å²) in [6.07, 6.45) is 2.09. The SMILES string of the molecule is CC(C)CN(C)C(=O)CC(C)(C)c1nc(Nc2cccnc2Oc2ccccc2C(C)(C)C)sc1-c1ccccc1. The van der Waals surface area contributed by atoms with E-state index < -0.39 is 5.41 Å². The van der Waals surface area contributed by atoms with Gasteiger partial charge >= 0.3 is 0 Å². The van der Waals surface area contributed by atoms with Crippen LogP contribution >= 0.6 is 11.3 Å². The molecule has 2 aromatic heterocycles. The van der Waals surface area contributed by atoms with Gasteiger partial charge in [-0.2, -0.15) is 0 Å². The highest BCUT2D eigenvalue weighted by Gasteiger charge is 2.32. The number of thiazole rings is 1. The Bertz CT molecular complexity index is 1470. The minimum Gasteiger partial charge on any atom is -0.437 e. The minimum atomic E-state index is -0.482. The Morgan fingerprint density at radius 3 is 2.34 bits per heavy atom. The maximum atomic E-state index is 13.2. The predicted octanol–water partition coefficient (Wildman–Crippen LogP) is 8.82. The zero-order valence-electron chi connectivity index (χ0n) is 25.5. The van der Waals surface area contributed by atoms with Gasteiger partial charge in [0.05, 0.1) is 10.6 Å². The standard InChI is InChI=1S/C34H42N4O2S/c1-23(2)22-38(8)28(39)21-34(6,7)30-29(24-15-10-9-11-16-24)41-32(37-30)36-26-18-14-20-35-31(26)40-27-19-13-12-17-25(27)33(3,4)5/h9-20,23H,21-22H2,1-8H3,(H,36,37). The quantitative estimate of drug-likeness (QED) is 0.206. The molecule has 0 aliphatic carbocycles. The molecular formula is C34H42N4O2S. The van der Waals surface area contributed by atoms with Crippen molar-refractivity contribution in [3.05, 3.63) is 84.2 Å². The molecule has 0 fully saturated rings. The Morgan fingerprint density at radius 2 is 1.66 bits per heavy atom. The third-order valence-corrected chi connectivity index (χ3v) is 7.90. The fraction of sp³-hybridized carbons (Fsp3) is 0.382. The van der Waals surface area contributed by atoms with Crippen LogP contribution < -0.4 is 10.1 Å². The summed E-state index contributed by atoms with van der Waals surface area (Å²) >= 11 is 1.57. The van der Waals surface area contributed by atoms with E-state index in [9.17, 15) is 4.79 Å². The average Bonchev–Trinajstić information content (AvgIpc) is 3.34. The molecular weight excluding hydrogens is 528 g/mol. The van der Waals surface area contributed by atoms with E-state index in [1.807, 2.05) is 60.5 Å². The minimum absolute atomic E-state index is 0.0833. The van der Waals surface area contributed by atoms with Crippen LogP contribution in [0.15, 0.2) is 72.9 Å². The van der Waals surface area contributed by atoms with Gasteiger partial charge < -0.3 is 15.0 Å². The number of hydrogen-bond donors (Lipinski definition) is 1. The largest absolute Gasteiger partial charge is 0.437 e. The summed E-state index contributed by atoms with van der Waals surface area (Å²) in [6, 6.07) is 22.1. The van der Waals surface area contributed by atoms with Crippen molar-refractivity contribution >= 4 is 28.1 Å². The molecule has 4 rings (SSSR count). The second-order valence-electron chi connectivity index (χ2n) is 12.6. The number of aromatic nitrogens is 2. The van der Waals surface area contributed by atoms with Crippen molar-refractivity contribution in [3.8, 4) is 22.1 Å². The molecule has 216 valence electrons. The van der Waals surface area contributed by atoms with E-state index in [1.54, 1.807) is 17.5 Å². The van der Waals surface area contributed by atoms with Crippen molar-refractivity contribution in [2.75, 3.05) is 18.9 Å². The molecule has 1 amide bonds. The molecule has 2 aromatic carbocycles. The molecule has 0 unspecified atom stereocenters. The zero-order valence-corrected chi connectivity index (χ0v) is 26.3. The van der Waals surface area contributed by atoms with E-state index >= 15 is 0 Å². The molecule has 4 aromatic rings. The first-order valence-electron chi connectivity index (χ1n) is 14.2. The van der Waals surface area contributed by atoms with Crippen molar-refractivity contribution in [3.63, 3.8) is 0 Å². The van der Waals surface area contributed by atoms with Crippen LogP contribution in [-0.2, 0) is 15.6 Å². The predicted molar refractivity (Wildman–Crippen MR) is 170 cm³/mol. The molecule has 7 heteroatoms. The molecule has 0 saturated heterocycles. The van der Waals surface area contributed by atoms with Crippen molar-refractivity contribution in [1.82, 2.24) is 14.9 Å². The fourth-order valence-corrected chi connectivity index (χ4v) is 5.99. The number of rotatable bonds is 10. The molecule has 0 bridgehead atoms. The second-order valence-corrected chi connectivity index (χ2v) is 13.6. The van der Waals surface area contributed by atoms with Crippen molar-refractivity contribution in [1.29, 1.82) is 0 Å². The van der Waals surface area contributed by atoms with Gasteiger partial charge in [-0.15, -0.1) is 0 Å². The van der Waals surface area contributed by atoms with Gasteiger partial charge in [0.15, 0.2) is 5.13 Å². The third kappa shape index (κ3) is 7.53. The highest BCUT2D eigenvalue weighted by atomic mass is 32.1. The van der Waals surface area contributed by atoms with Crippen LogP contribution in [0.1, 0.15) is 66.1 Å². The van der Waals surface area contributed by atoms with E-state index in [1.165, 1.54) is 0 Å². The van der Waals surface area contributed by atoms with Gasteiger partial charge in [-0.1, -0.05) is 108 Å². The maximum absolute atomic E-state index is 13.2. The summed E-state index contributed by atoms with van der Waals surface area (Å²) < 4.78 is 6.39. The first-order chi connectivity index (χ1) is 19.3. The van der Waals surface area contributed by atoms with E-state index in [2.05, 4.69) is 77.0 Å². The van der Waals surface area contributed by atoms with E-state index in [0.717, 1.165) is 44.8 Å². The number of ether oxygens (including phenoxy) is 1. The number of anilines is 2. The number of nitrogens with zero attached hydrogens (tertiary/aromatic N) is 3. The van der Waals surface area contributed by atoms with Crippen molar-refractivity contribution in [2.24, 2.45) is 5.92 Å². The summed E-state index contributed by atoms with van der Waals surface area (Å²) in [5.41, 5.74) is 3.23. The summed E-state index contributed by atoms with van der Waals surface area (Å²) in [6.45, 7) is 15.7. The Balaban J connectivity index is 1.68. The molecule has 0 aliphatic rings. The van der Waals surface area contributed by atoms with Crippen LogP contribution in [0.2, 0.25) is 0 Å². The molecule has 0 spiro atoms. The molecule has 41 heavy (non-hydrogen) atoms. The number of carbonyl (C=O) groups is 1. The number of pyridine rings is 1. The van der Waals surface area contributed by atoms with Gasteiger partial charge in [0.2, 0.25) is 11.8 Å². The topological polar surface area (TPSA) is 67.4 Å². The lowest BCUT2D eigenvalue weighted by molar-refractivity contribution is -0.131. The first-order valence-corrected chi connectivity index (χ1v) is 15.0. The van der Waals surface area contributed by atoms with Crippen LogP contribution in [0.25, 0.3) is 10.4 Å². The molecule has 0 radical (unpaired) electrons. The zero-order chi connectivity index (χ0) is 29.8. The third-order valence-electron chi connectivity index (χ3n) is 6.88. The summed E-state index contributed by atoms with van der Waals surface area (Å²) in [5, 5.41) is 4.20. The Morgan fingerprint density at radius 1 is 0.976 bits per heavy atom. The van der Waals surface area contributed by atoms with E-state index in [-0.39, 0.29) is 11.3 Å². The summed E-state index contributed by atoms with van der Waals surface area (Å²) in [4.78, 5) is 25.7. The molecule has 2 heterocycles. The Hall–Kier alpha value is -3.71. The fourth-order valence-electron chi connectivity index (χ4n) is 4.83. The lowest BCUT2D eigenvalue weighted by Gasteiger charge is -2.27. The number of nitrogens with one attached hydrogen (secondary N) is 1. The van der Waals surface area contributed by atoms with Gasteiger partial charge in [0, 0.05) is 37.2 Å². The highest BCUT2D eigenvalue weighted by Crippen LogP contribution is 2.43.